The molecule has 0 unspecified atom stereocenters. The van der Waals surface area contributed by atoms with Gasteiger partial charge in [0, 0.05) is 34.9 Å². The molecule has 2 rings (SSSR count). The van der Waals surface area contributed by atoms with Crippen molar-refractivity contribution in [2.75, 3.05) is 27.9 Å². The number of nitro groups is 1. The van der Waals surface area contributed by atoms with Crippen molar-refractivity contribution in [2.24, 2.45) is 0 Å². The Morgan fingerprint density at radius 1 is 1.00 bits per heavy atom. The Kier molecular flexibility index (Phi) is 7.51. The number of benzene rings is 2. The number of Topliss-reactive ketones (excluding diaryl/α,β-unsaturated/α-hetero) is 1. The third kappa shape index (κ3) is 5.34. The number of ketones is 1. The highest BCUT2D eigenvalue weighted by molar-refractivity contribution is 5.99. The summed E-state index contributed by atoms with van der Waals surface area (Å²) in [6.07, 6.45) is 2.58. The van der Waals surface area contributed by atoms with Crippen molar-refractivity contribution >= 4 is 23.5 Å². The number of hydrogen-bond acceptors (Lipinski definition) is 8. The summed E-state index contributed by atoms with van der Waals surface area (Å²) in [7, 11) is 4.44. The molecule has 9 heteroatoms. The second-order valence-electron chi connectivity index (χ2n) is 6.07. The molecular formula is C21H21NO8. The molecule has 0 amide bonds. The number of nitrogens with zero attached hydrogens (tertiary/aromatic N) is 1. The van der Waals surface area contributed by atoms with Crippen LogP contribution in [0.1, 0.15) is 21.5 Å². The van der Waals surface area contributed by atoms with Crippen LogP contribution in [0.15, 0.2) is 36.4 Å². The molecule has 0 bridgehead atoms. The van der Waals surface area contributed by atoms with Crippen LogP contribution in [0.3, 0.4) is 0 Å². The largest absolute Gasteiger partial charge is 0.496 e. The molecule has 0 radical (unpaired) electrons. The molecule has 9 nitrogen and oxygen atoms in total. The molecule has 2 aromatic carbocycles. The van der Waals surface area contributed by atoms with Gasteiger partial charge in [-0.15, -0.1) is 0 Å². The molecule has 0 aliphatic rings. The zero-order valence-electron chi connectivity index (χ0n) is 17.0. The second kappa shape index (κ2) is 10.1. The molecule has 0 atom stereocenters. The number of aryl methyl sites for hydroxylation is 1. The minimum absolute atomic E-state index is 0.0886. The first-order valence-electron chi connectivity index (χ1n) is 8.73. The van der Waals surface area contributed by atoms with Gasteiger partial charge in [0.1, 0.15) is 5.75 Å². The van der Waals surface area contributed by atoms with Crippen LogP contribution in [-0.4, -0.2) is 44.6 Å². The van der Waals surface area contributed by atoms with E-state index in [1.807, 2.05) is 0 Å². The average Bonchev–Trinajstić information content (AvgIpc) is 2.75. The topological polar surface area (TPSA) is 114 Å². The van der Waals surface area contributed by atoms with E-state index in [9.17, 15) is 19.7 Å². The van der Waals surface area contributed by atoms with E-state index in [4.69, 9.17) is 18.9 Å². The molecule has 0 saturated carbocycles. The lowest BCUT2D eigenvalue weighted by Gasteiger charge is -2.12. The van der Waals surface area contributed by atoms with Crippen LogP contribution < -0.4 is 14.2 Å². The van der Waals surface area contributed by atoms with Crippen LogP contribution in [0.25, 0.3) is 6.08 Å². The van der Waals surface area contributed by atoms with E-state index in [1.54, 1.807) is 19.1 Å². The minimum atomic E-state index is -0.762. The molecular weight excluding hydrogens is 394 g/mol. The summed E-state index contributed by atoms with van der Waals surface area (Å²) in [5.74, 6) is 0.0411. The summed E-state index contributed by atoms with van der Waals surface area (Å²) >= 11 is 0. The highest BCUT2D eigenvalue weighted by Gasteiger charge is 2.16. The molecule has 0 fully saturated rings. The molecule has 2 aromatic rings. The predicted octanol–water partition coefficient (Wildman–Crippen LogP) is 3.37. The lowest BCUT2D eigenvalue weighted by molar-refractivity contribution is -0.385. The van der Waals surface area contributed by atoms with Gasteiger partial charge in [-0.1, -0.05) is 12.1 Å². The average molecular weight is 415 g/mol. The number of rotatable bonds is 9. The van der Waals surface area contributed by atoms with Gasteiger partial charge in [-0.25, -0.2) is 4.79 Å². The third-order valence-electron chi connectivity index (χ3n) is 4.21. The summed E-state index contributed by atoms with van der Waals surface area (Å²) in [5.41, 5.74) is 0.881. The van der Waals surface area contributed by atoms with Crippen LogP contribution in [0, 0.1) is 17.0 Å². The molecule has 158 valence electrons. The number of carbonyl (C=O) groups is 2. The fourth-order valence-electron chi connectivity index (χ4n) is 2.59. The first-order chi connectivity index (χ1) is 14.3. The van der Waals surface area contributed by atoms with Gasteiger partial charge in [-0.3, -0.25) is 14.9 Å². The van der Waals surface area contributed by atoms with Gasteiger partial charge in [0.2, 0.25) is 5.78 Å². The van der Waals surface area contributed by atoms with Crippen LogP contribution in [0.4, 0.5) is 5.69 Å². The molecule has 0 aromatic heterocycles. The van der Waals surface area contributed by atoms with Gasteiger partial charge in [0.15, 0.2) is 18.1 Å². The van der Waals surface area contributed by atoms with E-state index in [-0.39, 0.29) is 11.3 Å². The highest BCUT2D eigenvalue weighted by atomic mass is 16.6. The minimum Gasteiger partial charge on any atom is -0.496 e. The number of hydrogen-bond donors (Lipinski definition) is 0. The smallest absolute Gasteiger partial charge is 0.331 e. The first-order valence-corrected chi connectivity index (χ1v) is 8.73. The zero-order chi connectivity index (χ0) is 22.3. The maximum atomic E-state index is 12.2. The Bertz CT molecular complexity index is 997. The monoisotopic (exact) mass is 415 g/mol. The summed E-state index contributed by atoms with van der Waals surface area (Å²) < 4.78 is 20.6. The normalized spacial score (nSPS) is 10.5. The fourth-order valence-corrected chi connectivity index (χ4v) is 2.59. The third-order valence-corrected chi connectivity index (χ3v) is 4.21. The lowest BCUT2D eigenvalue weighted by Crippen LogP contribution is -2.13. The van der Waals surface area contributed by atoms with Gasteiger partial charge in [0.25, 0.3) is 5.69 Å². The molecule has 0 aliphatic carbocycles. The summed E-state index contributed by atoms with van der Waals surface area (Å²) in [6, 6.07) is 7.31. The van der Waals surface area contributed by atoms with E-state index in [1.165, 1.54) is 39.5 Å². The van der Waals surface area contributed by atoms with Crippen molar-refractivity contribution in [2.45, 2.75) is 6.92 Å². The van der Waals surface area contributed by atoms with Crippen LogP contribution >= 0.6 is 0 Å². The van der Waals surface area contributed by atoms with Gasteiger partial charge in [-0.2, -0.15) is 0 Å². The van der Waals surface area contributed by atoms with E-state index in [2.05, 4.69) is 0 Å². The molecule has 0 aliphatic heterocycles. The SMILES string of the molecule is COc1cc(OC)c(OC)cc1/C=C/C(=O)OCC(=O)c1ccc(C)c([N+](=O)[O-])c1. The Hall–Kier alpha value is -3.88. The summed E-state index contributed by atoms with van der Waals surface area (Å²) in [5, 5.41) is 11.0. The molecule has 0 spiro atoms. The summed E-state index contributed by atoms with van der Waals surface area (Å²) in [6.45, 7) is 1.02. The Morgan fingerprint density at radius 3 is 2.23 bits per heavy atom. The maximum absolute atomic E-state index is 12.2. The van der Waals surface area contributed by atoms with E-state index < -0.39 is 23.3 Å². The quantitative estimate of drug-likeness (QED) is 0.201. The number of nitro benzene ring substituents is 1. The van der Waals surface area contributed by atoms with Crippen LogP contribution in [0.2, 0.25) is 0 Å². The van der Waals surface area contributed by atoms with E-state index >= 15 is 0 Å². The standard InChI is InChI=1S/C21H21NO8/c1-13-5-6-14(9-16(13)22(25)26)17(23)12-30-21(24)8-7-15-10-19(28-3)20(29-4)11-18(15)27-2/h5-11H,12H2,1-4H3/b8-7+. The fraction of sp³-hybridized carbons (Fsp3) is 0.238. The molecule has 0 heterocycles. The lowest BCUT2D eigenvalue weighted by atomic mass is 10.1. The van der Waals surface area contributed by atoms with Crippen molar-refractivity contribution in [3.63, 3.8) is 0 Å². The van der Waals surface area contributed by atoms with Crippen LogP contribution in [-0.2, 0) is 9.53 Å². The van der Waals surface area contributed by atoms with Gasteiger partial charge in [-0.05, 0) is 19.1 Å². The number of ether oxygens (including phenoxy) is 4. The van der Waals surface area contributed by atoms with Gasteiger partial charge >= 0.3 is 5.97 Å². The van der Waals surface area contributed by atoms with E-state index in [0.717, 1.165) is 12.1 Å². The first kappa shape index (κ1) is 22.4. The van der Waals surface area contributed by atoms with Crippen molar-refractivity contribution in [1.29, 1.82) is 0 Å². The number of carbonyl (C=O) groups excluding carboxylic acids is 2. The van der Waals surface area contributed by atoms with Crippen molar-refractivity contribution in [3.8, 4) is 17.2 Å². The predicted molar refractivity (Wildman–Crippen MR) is 108 cm³/mol. The van der Waals surface area contributed by atoms with Gasteiger partial charge < -0.3 is 18.9 Å². The van der Waals surface area contributed by atoms with E-state index in [0.29, 0.717) is 28.4 Å². The van der Waals surface area contributed by atoms with Crippen molar-refractivity contribution in [1.82, 2.24) is 0 Å². The van der Waals surface area contributed by atoms with Crippen molar-refractivity contribution < 1.29 is 33.5 Å². The Morgan fingerprint density at radius 2 is 1.63 bits per heavy atom. The van der Waals surface area contributed by atoms with Crippen LogP contribution in [0.5, 0.6) is 17.2 Å². The van der Waals surface area contributed by atoms with Gasteiger partial charge in [0.05, 0.1) is 26.3 Å². The molecule has 0 N–H and O–H groups in total. The summed E-state index contributed by atoms with van der Waals surface area (Å²) in [4.78, 5) is 34.6. The molecule has 30 heavy (non-hydrogen) atoms. The molecule has 0 saturated heterocycles. The highest BCUT2D eigenvalue weighted by Crippen LogP contribution is 2.35. The van der Waals surface area contributed by atoms with Crippen molar-refractivity contribution in [3.05, 3.63) is 63.2 Å². The zero-order valence-corrected chi connectivity index (χ0v) is 17.0. The number of esters is 1. The number of methoxy groups -OCH3 is 3. The second-order valence-corrected chi connectivity index (χ2v) is 6.07. The maximum Gasteiger partial charge on any atom is 0.331 e. The Balaban J connectivity index is 2.07. The Labute approximate surface area is 173 Å².